The molecule has 6 heteroatoms. The maximum atomic E-state index is 13.2. The number of aryl methyl sites for hydroxylation is 1. The number of rotatable bonds is 8. The summed E-state index contributed by atoms with van der Waals surface area (Å²) in [5.41, 5.74) is 3.65. The van der Waals surface area contributed by atoms with Gasteiger partial charge in [-0.05, 0) is 60.5 Å². The highest BCUT2D eigenvalue weighted by Crippen LogP contribution is 2.26. The molecule has 0 fully saturated rings. The third-order valence-electron chi connectivity index (χ3n) is 5.36. The monoisotopic (exact) mass is 452 g/mol. The lowest BCUT2D eigenvalue weighted by Gasteiger charge is -2.19. The number of pyridine rings is 2. The quantitative estimate of drug-likeness (QED) is 0.317. The Morgan fingerprint density at radius 1 is 1.09 bits per heavy atom. The van der Waals surface area contributed by atoms with Crippen molar-refractivity contribution >= 4 is 22.7 Å². The van der Waals surface area contributed by atoms with Crippen molar-refractivity contribution in [2.45, 2.75) is 13.5 Å². The van der Waals surface area contributed by atoms with Crippen LogP contribution in [0.2, 0.25) is 0 Å². The van der Waals surface area contributed by atoms with Crippen molar-refractivity contribution < 1.29 is 4.39 Å². The maximum Gasteiger partial charge on any atom is 0.193 e. The van der Waals surface area contributed by atoms with Crippen molar-refractivity contribution in [1.29, 1.82) is 0 Å². The first-order chi connectivity index (χ1) is 16.5. The van der Waals surface area contributed by atoms with E-state index in [2.05, 4.69) is 23.8 Å². The third-order valence-corrected chi connectivity index (χ3v) is 5.36. The number of hydrogen-bond acceptors (Lipinski definition) is 4. The Labute approximate surface area is 197 Å². The molecule has 0 atom stereocenters. The molecule has 4 rings (SSSR count). The Bertz CT molecular complexity index is 1440. The summed E-state index contributed by atoms with van der Waals surface area (Å²) in [6.07, 6.45) is 5.08. The van der Waals surface area contributed by atoms with Gasteiger partial charge >= 0.3 is 0 Å². The summed E-state index contributed by atoms with van der Waals surface area (Å²) in [6, 6.07) is 19.4. The lowest BCUT2D eigenvalue weighted by atomic mass is 10.1. The maximum absolute atomic E-state index is 13.2. The molecule has 170 valence electrons. The molecule has 0 amide bonds. The smallest absolute Gasteiger partial charge is 0.193 e. The average Bonchev–Trinajstić information content (AvgIpc) is 2.83. The first-order valence-corrected chi connectivity index (χ1v) is 10.8. The van der Waals surface area contributed by atoms with Crippen LogP contribution in [0.25, 0.3) is 16.7 Å². The predicted molar refractivity (Wildman–Crippen MR) is 138 cm³/mol. The Hall–Kier alpha value is -4.45. The van der Waals surface area contributed by atoms with E-state index in [-0.39, 0.29) is 11.2 Å². The predicted octanol–water partition coefficient (Wildman–Crippen LogP) is 6.11. The lowest BCUT2D eigenvalue weighted by molar-refractivity contribution is 0.627. The summed E-state index contributed by atoms with van der Waals surface area (Å²) >= 11 is 0. The number of halogens is 1. The number of fused-ring (bicyclic) bond motifs is 1. The average molecular weight is 453 g/mol. The molecule has 2 aromatic heterocycles. The number of nitrogens with one attached hydrogen (secondary N) is 2. The van der Waals surface area contributed by atoms with Crippen LogP contribution >= 0.6 is 0 Å². The minimum absolute atomic E-state index is 0.137. The molecule has 0 aliphatic rings. The van der Waals surface area contributed by atoms with E-state index in [9.17, 15) is 9.18 Å². The van der Waals surface area contributed by atoms with Gasteiger partial charge in [-0.25, -0.2) is 9.37 Å². The van der Waals surface area contributed by atoms with Gasteiger partial charge in [-0.15, -0.1) is 0 Å². The Kier molecular flexibility index (Phi) is 6.69. The SMILES string of the molecule is C=C/C=C(\C=C)Nc1cc(=O)c2c(C)cc(NCc3ccc(F)cc3)nc2n1-c1ccccc1. The fourth-order valence-electron chi connectivity index (χ4n) is 3.75. The summed E-state index contributed by atoms with van der Waals surface area (Å²) < 4.78 is 15.1. The van der Waals surface area contributed by atoms with Crippen LogP contribution in [0.1, 0.15) is 11.1 Å². The molecule has 0 bridgehead atoms. The Balaban J connectivity index is 1.88. The third kappa shape index (κ3) is 4.81. The van der Waals surface area contributed by atoms with Gasteiger partial charge in [0, 0.05) is 24.0 Å². The number of aromatic nitrogens is 2. The fraction of sp³-hybridized carbons (Fsp3) is 0.0714. The van der Waals surface area contributed by atoms with Gasteiger partial charge in [-0.1, -0.05) is 49.6 Å². The summed E-state index contributed by atoms with van der Waals surface area (Å²) in [5.74, 6) is 0.889. The van der Waals surface area contributed by atoms with Gasteiger partial charge in [0.15, 0.2) is 11.1 Å². The lowest BCUT2D eigenvalue weighted by Crippen LogP contribution is -2.16. The van der Waals surface area contributed by atoms with Crippen LogP contribution < -0.4 is 16.1 Å². The van der Waals surface area contributed by atoms with Gasteiger partial charge in [-0.3, -0.25) is 9.36 Å². The molecular weight excluding hydrogens is 427 g/mol. The van der Waals surface area contributed by atoms with E-state index in [4.69, 9.17) is 4.98 Å². The number of hydrogen-bond donors (Lipinski definition) is 2. The zero-order chi connectivity index (χ0) is 24.1. The second kappa shape index (κ2) is 10.0. The number of nitrogens with zero attached hydrogens (tertiary/aromatic N) is 2. The van der Waals surface area contributed by atoms with Crippen LogP contribution in [0.5, 0.6) is 0 Å². The van der Waals surface area contributed by atoms with Gasteiger partial charge in [0.2, 0.25) is 0 Å². The van der Waals surface area contributed by atoms with Gasteiger partial charge in [-0.2, -0.15) is 0 Å². The second-order valence-corrected chi connectivity index (χ2v) is 7.75. The van der Waals surface area contributed by atoms with E-state index in [0.29, 0.717) is 34.9 Å². The molecule has 0 spiro atoms. The zero-order valence-corrected chi connectivity index (χ0v) is 18.9. The van der Waals surface area contributed by atoms with Crippen molar-refractivity contribution in [3.05, 3.63) is 131 Å². The molecule has 0 saturated heterocycles. The molecular formula is C28H25FN4O. The van der Waals surface area contributed by atoms with Gasteiger partial charge in [0.05, 0.1) is 5.39 Å². The van der Waals surface area contributed by atoms with Crippen LogP contribution in [0.3, 0.4) is 0 Å². The van der Waals surface area contributed by atoms with Crippen LogP contribution in [0, 0.1) is 12.7 Å². The largest absolute Gasteiger partial charge is 0.366 e. The van der Waals surface area contributed by atoms with E-state index in [0.717, 1.165) is 16.8 Å². The highest BCUT2D eigenvalue weighted by Gasteiger charge is 2.16. The first kappa shape index (κ1) is 22.7. The van der Waals surface area contributed by atoms with Crippen molar-refractivity contribution in [3.63, 3.8) is 0 Å². The molecule has 34 heavy (non-hydrogen) atoms. The highest BCUT2D eigenvalue weighted by molar-refractivity contribution is 5.85. The van der Waals surface area contributed by atoms with E-state index in [1.54, 1.807) is 36.4 Å². The normalized spacial score (nSPS) is 11.3. The molecule has 0 aliphatic heterocycles. The summed E-state index contributed by atoms with van der Waals surface area (Å²) in [6.45, 7) is 9.93. The molecule has 4 aromatic rings. The number of allylic oxidation sites excluding steroid dienone is 3. The molecule has 2 N–H and O–H groups in total. The van der Waals surface area contributed by atoms with Crippen LogP contribution in [0.15, 0.2) is 109 Å². The molecule has 5 nitrogen and oxygen atoms in total. The standard InChI is InChI=1S/C28H25FN4O/c1-4-9-22(5-2)31-26-17-24(34)27-19(3)16-25(30-18-20-12-14-21(29)15-13-20)32-28(27)33(26)23-10-7-6-8-11-23/h4-17,31H,1-2,18H2,3H3,(H,30,32)/b22-9+. The Morgan fingerprint density at radius 2 is 1.82 bits per heavy atom. The van der Waals surface area contributed by atoms with Crippen molar-refractivity contribution in [3.8, 4) is 5.69 Å². The van der Waals surface area contributed by atoms with E-state index in [1.165, 1.54) is 12.1 Å². The Morgan fingerprint density at radius 3 is 2.50 bits per heavy atom. The van der Waals surface area contributed by atoms with Crippen molar-refractivity contribution in [1.82, 2.24) is 9.55 Å². The van der Waals surface area contributed by atoms with Crippen molar-refractivity contribution in [2.24, 2.45) is 0 Å². The van der Waals surface area contributed by atoms with Gasteiger partial charge in [0.25, 0.3) is 0 Å². The van der Waals surface area contributed by atoms with Crippen LogP contribution in [-0.4, -0.2) is 9.55 Å². The van der Waals surface area contributed by atoms with E-state index in [1.807, 2.05) is 47.9 Å². The molecule has 0 unspecified atom stereocenters. The van der Waals surface area contributed by atoms with Crippen LogP contribution in [0.4, 0.5) is 16.0 Å². The number of benzene rings is 2. The summed E-state index contributed by atoms with van der Waals surface area (Å²) in [4.78, 5) is 18.0. The molecule has 2 heterocycles. The molecule has 0 radical (unpaired) electrons. The van der Waals surface area contributed by atoms with E-state index >= 15 is 0 Å². The highest BCUT2D eigenvalue weighted by atomic mass is 19.1. The zero-order valence-electron chi connectivity index (χ0n) is 18.9. The minimum Gasteiger partial charge on any atom is -0.366 e. The summed E-state index contributed by atoms with van der Waals surface area (Å²) in [5, 5.41) is 7.10. The fourth-order valence-corrected chi connectivity index (χ4v) is 3.75. The molecule has 0 aliphatic carbocycles. The van der Waals surface area contributed by atoms with Gasteiger partial charge < -0.3 is 10.6 Å². The minimum atomic E-state index is -0.278. The molecule has 0 saturated carbocycles. The second-order valence-electron chi connectivity index (χ2n) is 7.75. The topological polar surface area (TPSA) is 59.0 Å². The van der Waals surface area contributed by atoms with E-state index < -0.39 is 0 Å². The van der Waals surface area contributed by atoms with Gasteiger partial charge in [0.1, 0.15) is 17.5 Å². The summed E-state index contributed by atoms with van der Waals surface area (Å²) in [7, 11) is 0. The number of anilines is 2. The first-order valence-electron chi connectivity index (χ1n) is 10.8. The van der Waals surface area contributed by atoms with Crippen LogP contribution in [-0.2, 0) is 6.54 Å². The molecule has 2 aromatic carbocycles. The number of para-hydroxylation sites is 1. The van der Waals surface area contributed by atoms with Crippen molar-refractivity contribution in [2.75, 3.05) is 10.6 Å².